The lowest BCUT2D eigenvalue weighted by molar-refractivity contribution is 0.137. The summed E-state index contributed by atoms with van der Waals surface area (Å²) in [6.45, 7) is 1.40. The van der Waals surface area contributed by atoms with Gasteiger partial charge in [0.1, 0.15) is 6.10 Å². The minimum atomic E-state index is 0.111. The molecule has 0 amide bonds. The molecule has 0 aliphatic carbocycles. The summed E-state index contributed by atoms with van der Waals surface area (Å²) in [4.78, 5) is 4.08. The topological polar surface area (TPSA) is 31.4 Å². The molecule has 76 valence electrons. The normalized spacial score (nSPS) is 21.1. The molecule has 1 unspecified atom stereocenters. The van der Waals surface area contributed by atoms with Crippen LogP contribution in [0.15, 0.2) is 16.7 Å². The Kier molecular flexibility index (Phi) is 3.26. The van der Waals surface area contributed by atoms with Gasteiger partial charge in [-0.25, -0.2) is 4.98 Å². The Balaban J connectivity index is 2.08. The third kappa shape index (κ3) is 2.38. The van der Waals surface area contributed by atoms with E-state index in [0.717, 1.165) is 17.5 Å². The monoisotopic (exact) mass is 277 g/mol. The lowest BCUT2D eigenvalue weighted by Crippen LogP contribution is -2.16. The van der Waals surface area contributed by atoms with Crippen molar-refractivity contribution in [2.24, 2.45) is 0 Å². The number of aromatic nitrogens is 1. The molecule has 14 heavy (non-hydrogen) atoms. The van der Waals surface area contributed by atoms with Crippen LogP contribution in [0.25, 0.3) is 0 Å². The zero-order valence-corrected chi connectivity index (χ0v) is 9.71. The van der Waals surface area contributed by atoms with Crippen LogP contribution in [0.2, 0.25) is 5.02 Å². The van der Waals surface area contributed by atoms with E-state index in [2.05, 4.69) is 20.9 Å². The summed E-state index contributed by atoms with van der Waals surface area (Å²) < 4.78 is 11.6. The molecular weight excluding hydrogens is 269 g/mol. The summed E-state index contributed by atoms with van der Waals surface area (Å²) in [6, 6.07) is 1.76. The minimum absolute atomic E-state index is 0.111. The number of hydrogen-bond acceptors (Lipinski definition) is 3. The van der Waals surface area contributed by atoms with Crippen molar-refractivity contribution in [3.8, 4) is 5.88 Å². The van der Waals surface area contributed by atoms with E-state index in [4.69, 9.17) is 21.1 Å². The molecule has 1 aliphatic heterocycles. The highest BCUT2D eigenvalue weighted by Crippen LogP contribution is 2.26. The van der Waals surface area contributed by atoms with E-state index in [1.807, 2.05) is 0 Å². The number of pyridine rings is 1. The molecule has 2 heterocycles. The molecule has 1 aromatic rings. The van der Waals surface area contributed by atoms with Gasteiger partial charge in [-0.3, -0.25) is 0 Å². The molecule has 0 N–H and O–H groups in total. The predicted octanol–water partition coefficient (Wildman–Crippen LogP) is 2.67. The van der Waals surface area contributed by atoms with Gasteiger partial charge in [-0.2, -0.15) is 0 Å². The summed E-state index contributed by atoms with van der Waals surface area (Å²) in [5.41, 5.74) is 0. The van der Waals surface area contributed by atoms with Crippen LogP contribution in [0.1, 0.15) is 6.42 Å². The molecule has 1 fully saturated rings. The summed E-state index contributed by atoms with van der Waals surface area (Å²) in [5, 5.41) is 0.590. The zero-order valence-electron chi connectivity index (χ0n) is 7.37. The van der Waals surface area contributed by atoms with Crippen molar-refractivity contribution < 1.29 is 9.47 Å². The van der Waals surface area contributed by atoms with E-state index in [1.165, 1.54) is 0 Å². The van der Waals surface area contributed by atoms with Gasteiger partial charge in [0.2, 0.25) is 5.88 Å². The van der Waals surface area contributed by atoms with Crippen LogP contribution >= 0.6 is 27.5 Å². The van der Waals surface area contributed by atoms with Crippen molar-refractivity contribution >= 4 is 27.5 Å². The maximum atomic E-state index is 5.76. The first-order chi connectivity index (χ1) is 6.75. The maximum absolute atomic E-state index is 5.76. The van der Waals surface area contributed by atoms with Gasteiger partial charge >= 0.3 is 0 Å². The smallest absolute Gasteiger partial charge is 0.228 e. The largest absolute Gasteiger partial charge is 0.471 e. The first-order valence-corrected chi connectivity index (χ1v) is 5.48. The van der Waals surface area contributed by atoms with Gasteiger partial charge in [-0.15, -0.1) is 0 Å². The molecule has 2 rings (SSSR count). The number of rotatable bonds is 2. The molecule has 1 atom stereocenters. The SMILES string of the molecule is Clc1cnc(OC2CCOC2)c(Br)c1. The van der Waals surface area contributed by atoms with E-state index >= 15 is 0 Å². The van der Waals surface area contributed by atoms with Crippen molar-refractivity contribution in [3.63, 3.8) is 0 Å². The van der Waals surface area contributed by atoms with Crippen LogP contribution in [0.4, 0.5) is 0 Å². The van der Waals surface area contributed by atoms with Gasteiger partial charge in [0.05, 0.1) is 22.7 Å². The Labute approximate surface area is 95.5 Å². The van der Waals surface area contributed by atoms with Crippen molar-refractivity contribution in [1.82, 2.24) is 4.98 Å². The average Bonchev–Trinajstić information content (AvgIpc) is 2.62. The predicted molar refractivity (Wildman–Crippen MR) is 56.8 cm³/mol. The van der Waals surface area contributed by atoms with Gasteiger partial charge in [0.25, 0.3) is 0 Å². The van der Waals surface area contributed by atoms with Crippen LogP contribution in [0, 0.1) is 0 Å². The quantitative estimate of drug-likeness (QED) is 0.833. The number of nitrogens with zero attached hydrogens (tertiary/aromatic N) is 1. The number of halogens is 2. The third-order valence-electron chi connectivity index (χ3n) is 1.94. The van der Waals surface area contributed by atoms with Crippen LogP contribution in [-0.4, -0.2) is 24.3 Å². The van der Waals surface area contributed by atoms with Crippen LogP contribution in [-0.2, 0) is 4.74 Å². The average molecular weight is 279 g/mol. The van der Waals surface area contributed by atoms with Crippen molar-refractivity contribution in [3.05, 3.63) is 21.8 Å². The highest BCUT2D eigenvalue weighted by molar-refractivity contribution is 9.10. The molecule has 3 nitrogen and oxygen atoms in total. The molecule has 0 saturated carbocycles. The second-order valence-electron chi connectivity index (χ2n) is 3.04. The number of ether oxygens (including phenoxy) is 2. The minimum Gasteiger partial charge on any atom is -0.471 e. The van der Waals surface area contributed by atoms with E-state index < -0.39 is 0 Å². The van der Waals surface area contributed by atoms with Gasteiger partial charge < -0.3 is 9.47 Å². The lowest BCUT2D eigenvalue weighted by atomic mass is 10.3. The fourth-order valence-corrected chi connectivity index (χ4v) is 1.98. The van der Waals surface area contributed by atoms with E-state index in [0.29, 0.717) is 17.5 Å². The Bertz CT molecular complexity index is 329. The first-order valence-electron chi connectivity index (χ1n) is 4.31. The molecular formula is C9H9BrClNO2. The summed E-state index contributed by atoms with van der Waals surface area (Å²) in [5.74, 6) is 0.574. The summed E-state index contributed by atoms with van der Waals surface area (Å²) >= 11 is 9.10. The Hall–Kier alpha value is -0.320. The fourth-order valence-electron chi connectivity index (χ4n) is 1.25. The van der Waals surface area contributed by atoms with Gasteiger partial charge in [0.15, 0.2) is 0 Å². The molecule has 0 radical (unpaired) electrons. The zero-order chi connectivity index (χ0) is 9.97. The lowest BCUT2D eigenvalue weighted by Gasteiger charge is -2.11. The molecule has 5 heteroatoms. The molecule has 1 aliphatic rings. The second-order valence-corrected chi connectivity index (χ2v) is 4.33. The summed E-state index contributed by atoms with van der Waals surface area (Å²) in [6.07, 6.45) is 2.59. The van der Waals surface area contributed by atoms with E-state index in [-0.39, 0.29) is 6.10 Å². The highest BCUT2D eigenvalue weighted by atomic mass is 79.9. The van der Waals surface area contributed by atoms with Crippen molar-refractivity contribution in [2.45, 2.75) is 12.5 Å². The molecule has 1 aromatic heterocycles. The Morgan fingerprint density at radius 1 is 1.64 bits per heavy atom. The maximum Gasteiger partial charge on any atom is 0.228 e. The Morgan fingerprint density at radius 2 is 2.50 bits per heavy atom. The third-order valence-corrected chi connectivity index (χ3v) is 2.72. The van der Waals surface area contributed by atoms with Gasteiger partial charge in [-0.05, 0) is 22.0 Å². The molecule has 1 saturated heterocycles. The number of hydrogen-bond donors (Lipinski definition) is 0. The van der Waals surface area contributed by atoms with Gasteiger partial charge in [-0.1, -0.05) is 11.6 Å². The van der Waals surface area contributed by atoms with Crippen LogP contribution < -0.4 is 4.74 Å². The standard InChI is InChI=1S/C9H9BrClNO2/c10-8-3-6(11)4-12-9(8)14-7-1-2-13-5-7/h3-4,7H,1-2,5H2. The Morgan fingerprint density at radius 3 is 3.14 bits per heavy atom. The van der Waals surface area contributed by atoms with E-state index in [1.54, 1.807) is 12.3 Å². The summed E-state index contributed by atoms with van der Waals surface area (Å²) in [7, 11) is 0. The molecule has 0 aromatic carbocycles. The van der Waals surface area contributed by atoms with Crippen molar-refractivity contribution in [1.29, 1.82) is 0 Å². The highest BCUT2D eigenvalue weighted by Gasteiger charge is 2.18. The molecule has 0 spiro atoms. The second kappa shape index (κ2) is 4.47. The van der Waals surface area contributed by atoms with Crippen LogP contribution in [0.5, 0.6) is 5.88 Å². The first kappa shape index (κ1) is 10.2. The van der Waals surface area contributed by atoms with Gasteiger partial charge in [0, 0.05) is 12.6 Å². The van der Waals surface area contributed by atoms with E-state index in [9.17, 15) is 0 Å². The van der Waals surface area contributed by atoms with Crippen molar-refractivity contribution in [2.75, 3.05) is 13.2 Å². The fraction of sp³-hybridized carbons (Fsp3) is 0.444. The molecule has 0 bridgehead atoms. The van der Waals surface area contributed by atoms with Crippen LogP contribution in [0.3, 0.4) is 0 Å².